The molecule has 4 amide bonds. The van der Waals surface area contributed by atoms with Crippen LogP contribution in [0, 0.1) is 0 Å². The van der Waals surface area contributed by atoms with E-state index in [0.717, 1.165) is 0 Å². The lowest BCUT2D eigenvalue weighted by Gasteiger charge is -2.28. The number of amides is 4. The van der Waals surface area contributed by atoms with E-state index >= 15 is 0 Å². The number of carbonyl (C=O) groups excluding carboxylic acids is 4. The minimum atomic E-state index is -1.21. The molecule has 0 aromatic heterocycles. The van der Waals surface area contributed by atoms with Crippen molar-refractivity contribution in [1.82, 2.24) is 15.5 Å². The predicted molar refractivity (Wildman–Crippen MR) is 118 cm³/mol. The van der Waals surface area contributed by atoms with Crippen molar-refractivity contribution in [3.63, 3.8) is 0 Å². The summed E-state index contributed by atoms with van der Waals surface area (Å²) in [6.07, 6.45) is 1.32. The molecular formula is C19H34N8O6. The summed E-state index contributed by atoms with van der Waals surface area (Å²) in [4.78, 5) is 65.2. The molecule has 11 N–H and O–H groups in total. The summed E-state index contributed by atoms with van der Waals surface area (Å²) >= 11 is 0. The number of aliphatic carboxylic acids is 1. The molecule has 4 atom stereocenters. The van der Waals surface area contributed by atoms with Gasteiger partial charge in [-0.15, -0.1) is 0 Å². The smallest absolute Gasteiger partial charge is 0.326 e. The number of nitrogens with one attached hydrogen (secondary N) is 2. The van der Waals surface area contributed by atoms with Crippen molar-refractivity contribution < 1.29 is 29.1 Å². The van der Waals surface area contributed by atoms with Crippen molar-refractivity contribution in [3.05, 3.63) is 0 Å². The van der Waals surface area contributed by atoms with Crippen LogP contribution in [-0.2, 0) is 24.0 Å². The Morgan fingerprint density at radius 1 is 1.12 bits per heavy atom. The van der Waals surface area contributed by atoms with E-state index in [-0.39, 0.29) is 38.3 Å². The second-order valence-corrected chi connectivity index (χ2v) is 7.88. The fraction of sp³-hybridized carbons (Fsp3) is 0.684. The first kappa shape index (κ1) is 27.6. The van der Waals surface area contributed by atoms with Gasteiger partial charge in [-0.2, -0.15) is 0 Å². The van der Waals surface area contributed by atoms with Gasteiger partial charge in [0.25, 0.3) is 0 Å². The number of primary amides is 1. The highest BCUT2D eigenvalue weighted by Crippen LogP contribution is 2.19. The van der Waals surface area contributed by atoms with Gasteiger partial charge in [0.2, 0.25) is 23.6 Å². The van der Waals surface area contributed by atoms with E-state index in [9.17, 15) is 29.1 Å². The average Bonchev–Trinajstić information content (AvgIpc) is 3.22. The molecule has 33 heavy (non-hydrogen) atoms. The molecule has 186 valence electrons. The largest absolute Gasteiger partial charge is 0.480 e. The SMILES string of the molecule is CC(NC(=O)C(N)CCC(N)=O)C(=O)N1CCCC1C(=O)NC(CCCN=C(N)N)C(=O)O. The summed E-state index contributed by atoms with van der Waals surface area (Å²) in [6, 6.07) is -4.01. The van der Waals surface area contributed by atoms with Gasteiger partial charge >= 0.3 is 5.97 Å². The highest BCUT2D eigenvalue weighted by Gasteiger charge is 2.37. The van der Waals surface area contributed by atoms with E-state index < -0.39 is 53.8 Å². The van der Waals surface area contributed by atoms with Crippen molar-refractivity contribution in [2.24, 2.45) is 27.9 Å². The van der Waals surface area contributed by atoms with Gasteiger partial charge in [0.1, 0.15) is 18.1 Å². The van der Waals surface area contributed by atoms with Gasteiger partial charge in [0.15, 0.2) is 5.96 Å². The van der Waals surface area contributed by atoms with Gasteiger partial charge < -0.3 is 43.6 Å². The molecule has 0 bridgehead atoms. The lowest BCUT2D eigenvalue weighted by atomic mass is 10.1. The lowest BCUT2D eigenvalue weighted by Crippen LogP contribution is -2.56. The number of aliphatic imine (C=N–C) groups is 1. The fourth-order valence-electron chi connectivity index (χ4n) is 3.39. The summed E-state index contributed by atoms with van der Waals surface area (Å²) in [7, 11) is 0. The van der Waals surface area contributed by atoms with E-state index in [1.54, 1.807) is 0 Å². The first-order valence-corrected chi connectivity index (χ1v) is 10.7. The number of rotatable bonds is 13. The quantitative estimate of drug-likeness (QED) is 0.0807. The maximum atomic E-state index is 12.8. The van der Waals surface area contributed by atoms with Crippen molar-refractivity contribution >= 4 is 35.6 Å². The standard InChI is InChI=1S/C19H34N8O6/c1-10(25-15(29)11(20)6-7-14(21)28)17(31)27-9-3-5-13(27)16(30)26-12(18(32)33)4-2-8-24-19(22)23/h10-13H,2-9,20H2,1H3,(H2,21,28)(H,25,29)(H,26,30)(H,32,33)(H4,22,23,24). The second-order valence-electron chi connectivity index (χ2n) is 7.88. The van der Waals surface area contributed by atoms with Crippen LogP contribution in [0.4, 0.5) is 0 Å². The van der Waals surface area contributed by atoms with Crippen molar-refractivity contribution in [1.29, 1.82) is 0 Å². The molecule has 4 unspecified atom stereocenters. The van der Waals surface area contributed by atoms with Gasteiger partial charge in [-0.05, 0) is 39.0 Å². The normalized spacial score (nSPS) is 18.0. The van der Waals surface area contributed by atoms with Crippen LogP contribution in [0.15, 0.2) is 4.99 Å². The molecule has 1 rings (SSSR count). The number of carbonyl (C=O) groups is 5. The Balaban J connectivity index is 2.68. The van der Waals surface area contributed by atoms with Crippen LogP contribution in [0.3, 0.4) is 0 Å². The molecule has 14 heteroatoms. The summed E-state index contributed by atoms with van der Waals surface area (Å²) in [5.74, 6) is -3.63. The molecule has 0 spiro atoms. The van der Waals surface area contributed by atoms with Crippen LogP contribution < -0.4 is 33.6 Å². The topological polar surface area (TPSA) is 249 Å². The predicted octanol–water partition coefficient (Wildman–Crippen LogP) is -3.30. The van der Waals surface area contributed by atoms with Crippen molar-refractivity contribution in [3.8, 4) is 0 Å². The summed E-state index contributed by atoms with van der Waals surface area (Å²) in [6.45, 7) is 1.96. The molecule has 1 aliphatic rings. The van der Waals surface area contributed by atoms with Crippen LogP contribution in [0.2, 0.25) is 0 Å². The van der Waals surface area contributed by atoms with E-state index in [4.69, 9.17) is 22.9 Å². The highest BCUT2D eigenvalue weighted by molar-refractivity contribution is 5.94. The molecule has 0 aliphatic carbocycles. The van der Waals surface area contributed by atoms with Crippen molar-refractivity contribution in [2.75, 3.05) is 13.1 Å². The molecular weight excluding hydrogens is 436 g/mol. The molecule has 1 heterocycles. The van der Waals surface area contributed by atoms with E-state index in [0.29, 0.717) is 19.3 Å². The van der Waals surface area contributed by atoms with Gasteiger partial charge in [-0.1, -0.05) is 0 Å². The van der Waals surface area contributed by atoms with Crippen LogP contribution >= 0.6 is 0 Å². The fourth-order valence-corrected chi connectivity index (χ4v) is 3.39. The zero-order chi connectivity index (χ0) is 25.1. The van der Waals surface area contributed by atoms with E-state index in [1.807, 2.05) is 0 Å². The van der Waals surface area contributed by atoms with Crippen LogP contribution in [-0.4, -0.2) is 82.8 Å². The van der Waals surface area contributed by atoms with Gasteiger partial charge in [0.05, 0.1) is 6.04 Å². The zero-order valence-electron chi connectivity index (χ0n) is 18.7. The lowest BCUT2D eigenvalue weighted by molar-refractivity contribution is -0.145. The number of carboxylic acids is 1. The monoisotopic (exact) mass is 470 g/mol. The first-order chi connectivity index (χ1) is 15.4. The van der Waals surface area contributed by atoms with Crippen LogP contribution in [0.5, 0.6) is 0 Å². The number of carboxylic acid groups (broad SMARTS) is 1. The number of guanidine groups is 1. The molecule has 1 fully saturated rings. The summed E-state index contributed by atoms with van der Waals surface area (Å²) < 4.78 is 0. The molecule has 0 radical (unpaired) electrons. The van der Waals surface area contributed by atoms with Gasteiger partial charge in [-0.3, -0.25) is 24.2 Å². The molecule has 0 saturated carbocycles. The number of hydrogen-bond donors (Lipinski definition) is 7. The molecule has 1 aliphatic heterocycles. The third-order valence-electron chi connectivity index (χ3n) is 5.17. The molecule has 0 aromatic rings. The highest BCUT2D eigenvalue weighted by atomic mass is 16.4. The molecule has 14 nitrogen and oxygen atoms in total. The first-order valence-electron chi connectivity index (χ1n) is 10.7. The van der Waals surface area contributed by atoms with E-state index in [1.165, 1.54) is 11.8 Å². The maximum Gasteiger partial charge on any atom is 0.326 e. The minimum absolute atomic E-state index is 0.0383. The number of likely N-dealkylation sites (tertiary alicyclic amines) is 1. The maximum absolute atomic E-state index is 12.8. The molecule has 1 saturated heterocycles. The Bertz CT molecular complexity index is 769. The Morgan fingerprint density at radius 3 is 2.36 bits per heavy atom. The zero-order valence-corrected chi connectivity index (χ0v) is 18.7. The van der Waals surface area contributed by atoms with Crippen LogP contribution in [0.1, 0.15) is 45.4 Å². The van der Waals surface area contributed by atoms with Crippen LogP contribution in [0.25, 0.3) is 0 Å². The number of hydrogen-bond acceptors (Lipinski definition) is 7. The third kappa shape index (κ3) is 9.31. The second kappa shape index (κ2) is 13.2. The Labute approximate surface area is 191 Å². The number of nitrogens with two attached hydrogens (primary N) is 4. The average molecular weight is 471 g/mol. The van der Waals surface area contributed by atoms with Gasteiger partial charge in [0, 0.05) is 19.5 Å². The van der Waals surface area contributed by atoms with Gasteiger partial charge in [-0.25, -0.2) is 4.79 Å². The summed E-state index contributed by atoms with van der Waals surface area (Å²) in [5, 5.41) is 14.3. The van der Waals surface area contributed by atoms with E-state index in [2.05, 4.69) is 15.6 Å². The molecule has 0 aromatic carbocycles. The Morgan fingerprint density at radius 2 is 1.79 bits per heavy atom. The summed E-state index contributed by atoms with van der Waals surface area (Å²) in [5.41, 5.74) is 21.2. The van der Waals surface area contributed by atoms with Crippen molar-refractivity contribution in [2.45, 2.75) is 69.6 Å². The Kier molecular flexibility index (Phi) is 11.0. The third-order valence-corrected chi connectivity index (χ3v) is 5.17. The Hall–Kier alpha value is -3.42. The minimum Gasteiger partial charge on any atom is -0.480 e. The number of nitrogens with zero attached hydrogens (tertiary/aromatic N) is 2.